The van der Waals surface area contributed by atoms with Crippen LogP contribution < -0.4 is 10.6 Å². The van der Waals surface area contributed by atoms with Gasteiger partial charge in [-0.2, -0.15) is 0 Å². The van der Waals surface area contributed by atoms with E-state index in [0.29, 0.717) is 18.5 Å². The van der Waals surface area contributed by atoms with Crippen molar-refractivity contribution in [3.63, 3.8) is 0 Å². The smallest absolute Gasteiger partial charge is 0.221 e. The highest BCUT2D eigenvalue weighted by Crippen LogP contribution is 2.15. The summed E-state index contributed by atoms with van der Waals surface area (Å²) in [5.74, 6) is 0.218. The second-order valence-electron chi connectivity index (χ2n) is 5.44. The summed E-state index contributed by atoms with van der Waals surface area (Å²) < 4.78 is 0. The first-order valence-corrected chi connectivity index (χ1v) is 6.96. The summed E-state index contributed by atoms with van der Waals surface area (Å²) in [5.41, 5.74) is 0. The van der Waals surface area contributed by atoms with E-state index in [9.17, 15) is 4.79 Å². The average molecular weight is 239 g/mol. The Balaban J connectivity index is 1.80. The van der Waals surface area contributed by atoms with Crippen LogP contribution in [-0.2, 0) is 4.79 Å². The van der Waals surface area contributed by atoms with Gasteiger partial charge in [-0.05, 0) is 39.3 Å². The topological polar surface area (TPSA) is 44.4 Å². The minimum Gasteiger partial charge on any atom is -0.356 e. The predicted octanol–water partition coefficient (Wildman–Crippen LogP) is 0.729. The minimum absolute atomic E-state index is 0.218. The Kier molecular flexibility index (Phi) is 4.80. The van der Waals surface area contributed by atoms with E-state index >= 15 is 0 Å². The number of amides is 1. The third-order valence-corrected chi connectivity index (χ3v) is 4.00. The number of carbonyl (C=O) groups excluding carboxylic acids is 1. The second kappa shape index (κ2) is 6.36. The molecule has 2 aliphatic rings. The molecule has 2 fully saturated rings. The van der Waals surface area contributed by atoms with Crippen LogP contribution >= 0.6 is 0 Å². The van der Waals surface area contributed by atoms with Gasteiger partial charge in [0.25, 0.3) is 0 Å². The summed E-state index contributed by atoms with van der Waals surface area (Å²) in [6, 6.07) is 1.06. The van der Waals surface area contributed by atoms with Crippen LogP contribution in [-0.4, -0.2) is 49.6 Å². The largest absolute Gasteiger partial charge is 0.356 e. The number of piperidine rings is 1. The maximum atomic E-state index is 11.5. The van der Waals surface area contributed by atoms with Crippen molar-refractivity contribution in [3.05, 3.63) is 0 Å². The van der Waals surface area contributed by atoms with Crippen LogP contribution in [0, 0.1) is 0 Å². The zero-order valence-corrected chi connectivity index (χ0v) is 10.9. The van der Waals surface area contributed by atoms with Gasteiger partial charge in [0.15, 0.2) is 0 Å². The van der Waals surface area contributed by atoms with E-state index in [-0.39, 0.29) is 5.91 Å². The number of nitrogens with zero attached hydrogens (tertiary/aromatic N) is 1. The number of rotatable bonds is 3. The standard InChI is InChI=1S/C13H25N3O/c1-16(10-11-5-2-3-7-14-11)12-6-4-8-15-13(17)9-12/h11-12,14H,2-10H2,1H3,(H,15,17). The van der Waals surface area contributed by atoms with Gasteiger partial charge in [0.1, 0.15) is 0 Å². The molecule has 4 nitrogen and oxygen atoms in total. The van der Waals surface area contributed by atoms with Gasteiger partial charge in [-0.15, -0.1) is 0 Å². The predicted molar refractivity (Wildman–Crippen MR) is 68.9 cm³/mol. The van der Waals surface area contributed by atoms with Crippen LogP contribution in [0.2, 0.25) is 0 Å². The van der Waals surface area contributed by atoms with Gasteiger partial charge < -0.3 is 15.5 Å². The molecule has 0 bridgehead atoms. The van der Waals surface area contributed by atoms with Gasteiger partial charge in [-0.3, -0.25) is 4.79 Å². The lowest BCUT2D eigenvalue weighted by atomic mass is 10.0. The first-order valence-electron chi connectivity index (χ1n) is 6.96. The Hall–Kier alpha value is -0.610. The first-order chi connectivity index (χ1) is 8.25. The minimum atomic E-state index is 0.218. The van der Waals surface area contributed by atoms with Crippen LogP contribution in [0.3, 0.4) is 0 Å². The van der Waals surface area contributed by atoms with Crippen molar-refractivity contribution >= 4 is 5.91 Å². The highest BCUT2D eigenvalue weighted by molar-refractivity contribution is 5.76. The van der Waals surface area contributed by atoms with Crippen molar-refractivity contribution in [1.29, 1.82) is 0 Å². The molecule has 0 aromatic carbocycles. The molecule has 2 aliphatic heterocycles. The van der Waals surface area contributed by atoms with Crippen molar-refractivity contribution in [1.82, 2.24) is 15.5 Å². The molecule has 0 saturated carbocycles. The van der Waals surface area contributed by atoms with Crippen LogP contribution in [0.25, 0.3) is 0 Å². The molecule has 98 valence electrons. The van der Waals surface area contributed by atoms with Crippen LogP contribution in [0.1, 0.15) is 38.5 Å². The van der Waals surface area contributed by atoms with E-state index in [0.717, 1.165) is 32.5 Å². The number of carbonyl (C=O) groups is 1. The fraction of sp³-hybridized carbons (Fsp3) is 0.923. The summed E-state index contributed by atoms with van der Waals surface area (Å²) in [7, 11) is 2.17. The van der Waals surface area contributed by atoms with Crippen molar-refractivity contribution in [2.24, 2.45) is 0 Å². The van der Waals surface area contributed by atoms with Gasteiger partial charge in [0.2, 0.25) is 5.91 Å². The van der Waals surface area contributed by atoms with Gasteiger partial charge in [-0.1, -0.05) is 6.42 Å². The average Bonchev–Trinajstić information content (AvgIpc) is 2.55. The lowest BCUT2D eigenvalue weighted by molar-refractivity contribution is -0.121. The third kappa shape index (κ3) is 3.96. The van der Waals surface area contributed by atoms with Crippen LogP contribution in [0.4, 0.5) is 0 Å². The Bertz CT molecular complexity index is 251. The van der Waals surface area contributed by atoms with Gasteiger partial charge in [0.05, 0.1) is 0 Å². The van der Waals surface area contributed by atoms with Crippen LogP contribution in [0.15, 0.2) is 0 Å². The highest BCUT2D eigenvalue weighted by atomic mass is 16.1. The third-order valence-electron chi connectivity index (χ3n) is 4.00. The van der Waals surface area contributed by atoms with E-state index in [1.165, 1.54) is 19.3 Å². The monoisotopic (exact) mass is 239 g/mol. The molecule has 1 amide bonds. The summed E-state index contributed by atoms with van der Waals surface area (Å²) in [6.45, 7) is 3.09. The lowest BCUT2D eigenvalue weighted by Crippen LogP contribution is -2.46. The summed E-state index contributed by atoms with van der Waals surface area (Å²) in [4.78, 5) is 13.9. The molecule has 0 aliphatic carbocycles. The second-order valence-corrected chi connectivity index (χ2v) is 5.44. The Morgan fingerprint density at radius 1 is 1.24 bits per heavy atom. The Labute approximate surface area is 104 Å². The SMILES string of the molecule is CN(CC1CCCCN1)C1CCCNC(=O)C1. The Morgan fingerprint density at radius 2 is 2.12 bits per heavy atom. The van der Waals surface area contributed by atoms with Gasteiger partial charge in [0, 0.05) is 31.6 Å². The molecule has 2 unspecified atom stereocenters. The zero-order chi connectivity index (χ0) is 12.1. The number of hydrogen-bond acceptors (Lipinski definition) is 3. The molecule has 2 atom stereocenters. The molecule has 2 saturated heterocycles. The molecular weight excluding hydrogens is 214 g/mol. The maximum absolute atomic E-state index is 11.5. The summed E-state index contributed by atoms with van der Waals surface area (Å²) in [6.07, 6.45) is 6.86. The van der Waals surface area contributed by atoms with E-state index < -0.39 is 0 Å². The maximum Gasteiger partial charge on any atom is 0.221 e. The molecule has 4 heteroatoms. The quantitative estimate of drug-likeness (QED) is 0.763. The molecule has 0 aromatic rings. The summed E-state index contributed by atoms with van der Waals surface area (Å²) >= 11 is 0. The molecule has 0 spiro atoms. The molecule has 2 N–H and O–H groups in total. The van der Waals surface area contributed by atoms with E-state index in [4.69, 9.17) is 0 Å². The molecule has 2 heterocycles. The molecule has 0 aromatic heterocycles. The Morgan fingerprint density at radius 3 is 2.88 bits per heavy atom. The number of nitrogens with one attached hydrogen (secondary N) is 2. The van der Waals surface area contributed by atoms with Crippen LogP contribution in [0.5, 0.6) is 0 Å². The van der Waals surface area contributed by atoms with Gasteiger partial charge in [-0.25, -0.2) is 0 Å². The number of hydrogen-bond donors (Lipinski definition) is 2. The summed E-state index contributed by atoms with van der Waals surface area (Å²) in [5, 5.41) is 6.53. The van der Waals surface area contributed by atoms with Crippen molar-refractivity contribution in [3.8, 4) is 0 Å². The van der Waals surface area contributed by atoms with Crippen molar-refractivity contribution < 1.29 is 4.79 Å². The fourth-order valence-electron chi connectivity index (χ4n) is 2.91. The fourth-order valence-corrected chi connectivity index (χ4v) is 2.91. The lowest BCUT2D eigenvalue weighted by Gasteiger charge is -2.32. The number of likely N-dealkylation sites (N-methyl/N-ethyl adjacent to an activating group) is 1. The van der Waals surface area contributed by atoms with E-state index in [1.54, 1.807) is 0 Å². The first kappa shape index (κ1) is 12.8. The van der Waals surface area contributed by atoms with Crippen molar-refractivity contribution in [2.45, 2.75) is 50.6 Å². The van der Waals surface area contributed by atoms with Gasteiger partial charge >= 0.3 is 0 Å². The molecular formula is C13H25N3O. The zero-order valence-electron chi connectivity index (χ0n) is 10.9. The molecule has 2 rings (SSSR count). The van der Waals surface area contributed by atoms with E-state index in [1.807, 2.05) is 0 Å². The molecule has 0 radical (unpaired) electrons. The normalized spacial score (nSPS) is 31.1. The molecule has 17 heavy (non-hydrogen) atoms. The van der Waals surface area contributed by atoms with E-state index in [2.05, 4.69) is 22.6 Å². The van der Waals surface area contributed by atoms with Crippen molar-refractivity contribution in [2.75, 3.05) is 26.7 Å². The highest BCUT2D eigenvalue weighted by Gasteiger charge is 2.23.